The number of urea groups is 1. The molecule has 0 unspecified atom stereocenters. The number of rotatable bonds is 6. The van der Waals surface area contributed by atoms with Gasteiger partial charge in [-0.25, -0.2) is 4.79 Å². The van der Waals surface area contributed by atoms with Crippen LogP contribution in [0.2, 0.25) is 0 Å². The van der Waals surface area contributed by atoms with Crippen molar-refractivity contribution in [1.29, 1.82) is 0 Å². The summed E-state index contributed by atoms with van der Waals surface area (Å²) in [5, 5.41) is 6.02. The second-order valence-corrected chi connectivity index (χ2v) is 6.29. The second-order valence-electron chi connectivity index (χ2n) is 6.29. The largest absolute Gasteiger partial charge is 0.493 e. The first-order valence-corrected chi connectivity index (χ1v) is 8.89. The Hall–Kier alpha value is -1.79. The SMILES string of the molecule is O=C(NCCCCN1CCOCC1)N[C@@H]1CCOc2ccccc21. The zero-order valence-corrected chi connectivity index (χ0v) is 14.1. The third-order valence-electron chi connectivity index (χ3n) is 4.55. The van der Waals surface area contributed by atoms with Gasteiger partial charge in [0, 0.05) is 31.6 Å². The fraction of sp³-hybridized carbons (Fsp3) is 0.611. The van der Waals surface area contributed by atoms with Crippen LogP contribution in [-0.2, 0) is 4.74 Å². The molecule has 1 aromatic carbocycles. The molecule has 0 spiro atoms. The minimum Gasteiger partial charge on any atom is -0.493 e. The highest BCUT2D eigenvalue weighted by molar-refractivity contribution is 5.74. The highest BCUT2D eigenvalue weighted by atomic mass is 16.5. The Kier molecular flexibility index (Phi) is 6.32. The van der Waals surface area contributed by atoms with Crippen molar-refractivity contribution in [2.75, 3.05) is 46.0 Å². The Balaban J connectivity index is 1.33. The van der Waals surface area contributed by atoms with Crippen molar-refractivity contribution in [3.63, 3.8) is 0 Å². The van der Waals surface area contributed by atoms with E-state index in [-0.39, 0.29) is 12.1 Å². The minimum atomic E-state index is -0.0944. The van der Waals surface area contributed by atoms with Gasteiger partial charge in [-0.15, -0.1) is 0 Å². The van der Waals surface area contributed by atoms with E-state index in [1.54, 1.807) is 0 Å². The molecule has 1 aromatic rings. The number of nitrogens with one attached hydrogen (secondary N) is 2. The van der Waals surface area contributed by atoms with Crippen LogP contribution in [0.4, 0.5) is 4.79 Å². The maximum atomic E-state index is 12.1. The van der Waals surface area contributed by atoms with E-state index in [0.29, 0.717) is 13.2 Å². The summed E-state index contributed by atoms with van der Waals surface area (Å²) in [6, 6.07) is 7.84. The van der Waals surface area contributed by atoms with Crippen LogP contribution < -0.4 is 15.4 Å². The van der Waals surface area contributed by atoms with Crippen molar-refractivity contribution in [2.45, 2.75) is 25.3 Å². The third kappa shape index (κ3) is 4.85. The van der Waals surface area contributed by atoms with Gasteiger partial charge in [0.1, 0.15) is 5.75 Å². The second kappa shape index (κ2) is 8.89. The Morgan fingerprint density at radius 1 is 1.17 bits per heavy atom. The molecule has 2 aliphatic rings. The summed E-state index contributed by atoms with van der Waals surface area (Å²) in [5.74, 6) is 0.875. The quantitative estimate of drug-likeness (QED) is 0.781. The van der Waals surface area contributed by atoms with Gasteiger partial charge in [0.05, 0.1) is 25.9 Å². The van der Waals surface area contributed by atoms with Gasteiger partial charge >= 0.3 is 6.03 Å². The van der Waals surface area contributed by atoms with Crippen LogP contribution in [-0.4, -0.2) is 56.9 Å². The lowest BCUT2D eigenvalue weighted by Crippen LogP contribution is -2.40. The zero-order chi connectivity index (χ0) is 16.6. The molecule has 0 bridgehead atoms. The van der Waals surface area contributed by atoms with Gasteiger partial charge in [-0.05, 0) is 25.5 Å². The first-order chi connectivity index (χ1) is 11.8. The highest BCUT2D eigenvalue weighted by Gasteiger charge is 2.22. The van der Waals surface area contributed by atoms with E-state index in [1.807, 2.05) is 24.3 Å². The molecule has 2 amide bonds. The predicted molar refractivity (Wildman–Crippen MR) is 92.3 cm³/mol. The van der Waals surface area contributed by atoms with Gasteiger partial charge in [-0.3, -0.25) is 4.90 Å². The van der Waals surface area contributed by atoms with E-state index in [0.717, 1.165) is 63.4 Å². The van der Waals surface area contributed by atoms with Gasteiger partial charge in [0.25, 0.3) is 0 Å². The van der Waals surface area contributed by atoms with E-state index in [9.17, 15) is 4.79 Å². The van der Waals surface area contributed by atoms with Gasteiger partial charge in [0.15, 0.2) is 0 Å². The third-order valence-corrected chi connectivity index (χ3v) is 4.55. The number of para-hydroxylation sites is 1. The van der Waals surface area contributed by atoms with Crippen LogP contribution >= 0.6 is 0 Å². The zero-order valence-electron chi connectivity index (χ0n) is 14.1. The molecule has 0 aliphatic carbocycles. The van der Waals surface area contributed by atoms with E-state index >= 15 is 0 Å². The number of hydrogen-bond donors (Lipinski definition) is 2. The summed E-state index contributed by atoms with van der Waals surface area (Å²) in [6.45, 7) is 6.16. The van der Waals surface area contributed by atoms with E-state index < -0.39 is 0 Å². The molecule has 0 saturated carbocycles. The number of fused-ring (bicyclic) bond motifs is 1. The molecule has 24 heavy (non-hydrogen) atoms. The number of carbonyl (C=O) groups excluding carboxylic acids is 1. The monoisotopic (exact) mass is 333 g/mol. The fourth-order valence-electron chi connectivity index (χ4n) is 3.19. The maximum absolute atomic E-state index is 12.1. The van der Waals surface area contributed by atoms with Crippen LogP contribution in [0, 0.1) is 0 Å². The normalized spacial score (nSPS) is 20.8. The number of hydrogen-bond acceptors (Lipinski definition) is 4. The summed E-state index contributed by atoms with van der Waals surface area (Å²) in [6.07, 6.45) is 2.90. The van der Waals surface area contributed by atoms with E-state index in [4.69, 9.17) is 9.47 Å². The molecule has 0 radical (unpaired) electrons. The van der Waals surface area contributed by atoms with Crippen molar-refractivity contribution in [3.8, 4) is 5.75 Å². The van der Waals surface area contributed by atoms with Gasteiger partial charge < -0.3 is 20.1 Å². The summed E-state index contributed by atoms with van der Waals surface area (Å²) >= 11 is 0. The van der Waals surface area contributed by atoms with Crippen LogP contribution in [0.3, 0.4) is 0 Å². The summed E-state index contributed by atoms with van der Waals surface area (Å²) in [5.41, 5.74) is 1.06. The molecule has 6 nitrogen and oxygen atoms in total. The highest BCUT2D eigenvalue weighted by Crippen LogP contribution is 2.31. The molecule has 3 rings (SSSR count). The number of carbonyl (C=O) groups is 1. The lowest BCUT2D eigenvalue weighted by Gasteiger charge is -2.27. The van der Waals surface area contributed by atoms with Crippen molar-refractivity contribution in [3.05, 3.63) is 29.8 Å². The molecule has 2 aliphatic heterocycles. The minimum absolute atomic E-state index is 0.0308. The summed E-state index contributed by atoms with van der Waals surface area (Å²) in [4.78, 5) is 14.5. The number of benzene rings is 1. The van der Waals surface area contributed by atoms with Crippen molar-refractivity contribution >= 4 is 6.03 Å². The fourth-order valence-corrected chi connectivity index (χ4v) is 3.19. The molecule has 1 saturated heterocycles. The Morgan fingerprint density at radius 2 is 2.00 bits per heavy atom. The number of unbranched alkanes of at least 4 members (excludes halogenated alkanes) is 1. The standard InChI is InChI=1S/C18H27N3O3/c22-18(19-8-3-4-9-21-10-13-23-14-11-21)20-16-7-12-24-17-6-2-1-5-15(16)17/h1-2,5-6,16H,3-4,7-14H2,(H2,19,20,22)/t16-/m1/s1. The Morgan fingerprint density at radius 3 is 2.88 bits per heavy atom. The maximum Gasteiger partial charge on any atom is 0.315 e. The Bertz CT molecular complexity index is 532. The topological polar surface area (TPSA) is 62.8 Å². The van der Waals surface area contributed by atoms with Gasteiger partial charge in [-0.2, -0.15) is 0 Å². The number of ether oxygens (including phenoxy) is 2. The molecule has 2 heterocycles. The van der Waals surface area contributed by atoms with Crippen molar-refractivity contribution in [1.82, 2.24) is 15.5 Å². The molecule has 132 valence electrons. The van der Waals surface area contributed by atoms with Crippen LogP contribution in [0.5, 0.6) is 5.75 Å². The summed E-state index contributed by atoms with van der Waals surface area (Å²) in [7, 11) is 0. The number of morpholine rings is 1. The first kappa shape index (κ1) is 17.0. The average molecular weight is 333 g/mol. The molecular formula is C18H27N3O3. The van der Waals surface area contributed by atoms with Crippen molar-refractivity contribution in [2.24, 2.45) is 0 Å². The molecule has 2 N–H and O–H groups in total. The predicted octanol–water partition coefficient (Wildman–Crippen LogP) is 1.92. The van der Waals surface area contributed by atoms with Gasteiger partial charge in [0.2, 0.25) is 0 Å². The lowest BCUT2D eigenvalue weighted by atomic mass is 10.0. The molecule has 1 fully saturated rings. The van der Waals surface area contributed by atoms with Gasteiger partial charge in [-0.1, -0.05) is 18.2 Å². The van der Waals surface area contributed by atoms with Crippen LogP contribution in [0.1, 0.15) is 30.9 Å². The lowest BCUT2D eigenvalue weighted by molar-refractivity contribution is 0.0372. The first-order valence-electron chi connectivity index (χ1n) is 8.89. The molecular weight excluding hydrogens is 306 g/mol. The molecule has 6 heteroatoms. The molecule has 1 atom stereocenters. The van der Waals surface area contributed by atoms with Crippen LogP contribution in [0.25, 0.3) is 0 Å². The summed E-state index contributed by atoms with van der Waals surface area (Å²) < 4.78 is 11.0. The van der Waals surface area contributed by atoms with E-state index in [2.05, 4.69) is 15.5 Å². The molecule has 0 aromatic heterocycles. The van der Waals surface area contributed by atoms with E-state index in [1.165, 1.54) is 0 Å². The van der Waals surface area contributed by atoms with Crippen LogP contribution in [0.15, 0.2) is 24.3 Å². The Labute approximate surface area is 143 Å². The van der Waals surface area contributed by atoms with Crippen molar-refractivity contribution < 1.29 is 14.3 Å². The number of nitrogens with zero attached hydrogens (tertiary/aromatic N) is 1. The smallest absolute Gasteiger partial charge is 0.315 e. The average Bonchev–Trinajstić information content (AvgIpc) is 2.63. The number of amides is 2.